The number of hydrogen-bond acceptors (Lipinski definition) is 6. The van der Waals surface area contributed by atoms with Gasteiger partial charge in [-0.05, 0) is 30.3 Å². The smallest absolute Gasteiger partial charge is 0.306 e. The molecule has 0 aliphatic heterocycles. The number of benzene rings is 1. The largest absolute Gasteiger partial charge is 0.469 e. The third kappa shape index (κ3) is 4.70. The van der Waals surface area contributed by atoms with E-state index in [0.717, 1.165) is 0 Å². The maximum Gasteiger partial charge on any atom is 0.306 e. The first kappa shape index (κ1) is 17.7. The third-order valence-corrected chi connectivity index (χ3v) is 3.65. The van der Waals surface area contributed by atoms with Crippen LogP contribution in [0, 0.1) is 0 Å². The van der Waals surface area contributed by atoms with Crippen molar-refractivity contribution in [3.05, 3.63) is 60.0 Å². The molecule has 1 amide bonds. The normalized spacial score (nSPS) is 10.5. The Labute approximate surface area is 153 Å². The Hall–Kier alpha value is -3.13. The van der Waals surface area contributed by atoms with E-state index in [0.29, 0.717) is 28.6 Å². The molecule has 0 aliphatic rings. The third-order valence-electron chi connectivity index (χ3n) is 3.42. The van der Waals surface area contributed by atoms with Gasteiger partial charge in [-0.25, -0.2) is 9.67 Å². The average molecular weight is 375 g/mol. The molecule has 1 N–H and O–H groups in total. The Morgan fingerprint density at radius 3 is 2.92 bits per heavy atom. The Morgan fingerprint density at radius 1 is 1.31 bits per heavy atom. The number of ether oxygens (including phenoxy) is 1. The molecule has 1 aromatic carbocycles. The minimum absolute atomic E-state index is 0.127. The molecule has 0 bridgehead atoms. The van der Waals surface area contributed by atoms with Crippen LogP contribution in [0.4, 0.5) is 5.69 Å². The second-order valence-electron chi connectivity index (χ2n) is 5.29. The van der Waals surface area contributed by atoms with E-state index in [9.17, 15) is 9.59 Å². The first-order valence-electron chi connectivity index (χ1n) is 7.74. The molecule has 0 radical (unpaired) electrons. The van der Waals surface area contributed by atoms with Gasteiger partial charge in [-0.15, -0.1) is 0 Å². The van der Waals surface area contributed by atoms with Gasteiger partial charge in [-0.3, -0.25) is 9.59 Å². The lowest BCUT2D eigenvalue weighted by atomic mass is 10.2. The number of nitrogens with zero attached hydrogens (tertiary/aromatic N) is 3. The van der Waals surface area contributed by atoms with Crippen LogP contribution < -0.4 is 5.32 Å². The number of rotatable bonds is 7. The molecular weight excluding hydrogens is 360 g/mol. The summed E-state index contributed by atoms with van der Waals surface area (Å²) in [4.78, 5) is 27.7. The van der Waals surface area contributed by atoms with Crippen LogP contribution in [0.2, 0.25) is 5.02 Å². The van der Waals surface area contributed by atoms with E-state index in [4.69, 9.17) is 20.8 Å². The lowest BCUT2D eigenvalue weighted by molar-refractivity contribution is -0.147. The number of anilines is 1. The summed E-state index contributed by atoms with van der Waals surface area (Å²) in [6.45, 7) is -0.402. The van der Waals surface area contributed by atoms with Crippen LogP contribution in [-0.4, -0.2) is 33.2 Å². The molecule has 8 nitrogen and oxygen atoms in total. The summed E-state index contributed by atoms with van der Waals surface area (Å²) in [6.07, 6.45) is 4.95. The molecule has 3 rings (SSSR count). The molecule has 134 valence electrons. The van der Waals surface area contributed by atoms with Crippen LogP contribution in [0.5, 0.6) is 0 Å². The lowest BCUT2D eigenvalue weighted by Crippen LogP contribution is -2.22. The van der Waals surface area contributed by atoms with Crippen molar-refractivity contribution in [3.8, 4) is 5.69 Å². The van der Waals surface area contributed by atoms with Crippen molar-refractivity contribution >= 4 is 29.2 Å². The number of carbonyl (C=O) groups is 2. The minimum atomic E-state index is -0.487. The number of aryl methyl sites for hydroxylation is 1. The summed E-state index contributed by atoms with van der Waals surface area (Å²) >= 11 is 5.99. The van der Waals surface area contributed by atoms with Crippen molar-refractivity contribution in [3.63, 3.8) is 0 Å². The molecule has 0 spiro atoms. The van der Waals surface area contributed by atoms with Gasteiger partial charge in [0.25, 0.3) is 5.91 Å². The lowest BCUT2D eigenvalue weighted by Gasteiger charge is -2.11. The molecule has 0 atom stereocenters. The van der Waals surface area contributed by atoms with E-state index >= 15 is 0 Å². The van der Waals surface area contributed by atoms with Gasteiger partial charge in [-0.2, -0.15) is 5.10 Å². The zero-order valence-corrected chi connectivity index (χ0v) is 14.3. The molecule has 3 aromatic rings. The predicted molar refractivity (Wildman–Crippen MR) is 93.0 cm³/mol. The van der Waals surface area contributed by atoms with Crippen molar-refractivity contribution in [1.29, 1.82) is 0 Å². The highest BCUT2D eigenvalue weighted by atomic mass is 35.5. The molecule has 0 fully saturated rings. The quantitative estimate of drug-likeness (QED) is 0.638. The van der Waals surface area contributed by atoms with Crippen LogP contribution in [0.1, 0.15) is 12.2 Å². The molecule has 0 aliphatic carbocycles. The fraction of sp³-hybridized carbons (Fsp3) is 0.176. The van der Waals surface area contributed by atoms with Crippen molar-refractivity contribution in [2.24, 2.45) is 0 Å². The summed E-state index contributed by atoms with van der Waals surface area (Å²) in [5.74, 6) is -0.290. The van der Waals surface area contributed by atoms with Gasteiger partial charge < -0.3 is 14.5 Å². The first-order chi connectivity index (χ1) is 12.6. The van der Waals surface area contributed by atoms with Gasteiger partial charge in [0.15, 0.2) is 6.61 Å². The van der Waals surface area contributed by atoms with Crippen molar-refractivity contribution in [1.82, 2.24) is 14.8 Å². The predicted octanol–water partition coefficient (Wildman–Crippen LogP) is 2.63. The number of furan rings is 1. The van der Waals surface area contributed by atoms with Crippen molar-refractivity contribution in [2.75, 3.05) is 11.9 Å². The summed E-state index contributed by atoms with van der Waals surface area (Å²) in [6, 6.07) is 8.46. The fourth-order valence-corrected chi connectivity index (χ4v) is 2.40. The molecular formula is C17H15ClN4O4. The van der Waals surface area contributed by atoms with Crippen LogP contribution in [0.25, 0.3) is 5.69 Å². The van der Waals surface area contributed by atoms with E-state index in [1.807, 2.05) is 0 Å². The Kier molecular flexibility index (Phi) is 5.65. The standard InChI is InChI=1S/C17H15ClN4O4/c18-12-3-5-15(22-11-19-10-20-22)14(8-12)21-16(23)9-26-17(24)6-4-13-2-1-7-25-13/h1-3,5,7-8,10-11H,4,6,9H2,(H,21,23). The highest BCUT2D eigenvalue weighted by Crippen LogP contribution is 2.23. The number of nitrogens with one attached hydrogen (secondary N) is 1. The maximum absolute atomic E-state index is 12.1. The van der Waals surface area contributed by atoms with Gasteiger partial charge >= 0.3 is 5.97 Å². The number of esters is 1. The highest BCUT2D eigenvalue weighted by Gasteiger charge is 2.12. The number of hydrogen-bond donors (Lipinski definition) is 1. The number of carbonyl (C=O) groups excluding carboxylic acids is 2. The minimum Gasteiger partial charge on any atom is -0.469 e. The Bertz CT molecular complexity index is 878. The molecule has 9 heteroatoms. The van der Waals surface area contributed by atoms with Gasteiger partial charge in [0, 0.05) is 11.4 Å². The van der Waals surface area contributed by atoms with Crippen LogP contribution in [-0.2, 0) is 20.7 Å². The Balaban J connectivity index is 1.55. The average Bonchev–Trinajstić information content (AvgIpc) is 3.32. The van der Waals surface area contributed by atoms with Gasteiger partial charge in [0.1, 0.15) is 18.4 Å². The van der Waals surface area contributed by atoms with Crippen LogP contribution in [0.3, 0.4) is 0 Å². The van der Waals surface area contributed by atoms with Gasteiger partial charge in [0.2, 0.25) is 0 Å². The second-order valence-corrected chi connectivity index (χ2v) is 5.73. The molecule has 2 heterocycles. The highest BCUT2D eigenvalue weighted by molar-refractivity contribution is 6.31. The molecule has 0 saturated carbocycles. The zero-order chi connectivity index (χ0) is 18.4. The van der Waals surface area contributed by atoms with Crippen molar-refractivity contribution < 1.29 is 18.7 Å². The SMILES string of the molecule is O=C(COC(=O)CCc1ccco1)Nc1cc(Cl)ccc1-n1cncn1. The van der Waals surface area contributed by atoms with Crippen molar-refractivity contribution in [2.45, 2.75) is 12.8 Å². The summed E-state index contributed by atoms with van der Waals surface area (Å²) < 4.78 is 11.6. The number of aromatic nitrogens is 3. The van der Waals surface area contributed by atoms with E-state index in [2.05, 4.69) is 15.4 Å². The molecule has 2 aromatic heterocycles. The van der Waals surface area contributed by atoms with Gasteiger partial charge in [-0.1, -0.05) is 11.6 Å². The van der Waals surface area contributed by atoms with Gasteiger partial charge in [0.05, 0.1) is 24.1 Å². The number of amides is 1. The van der Waals surface area contributed by atoms with E-state index < -0.39 is 18.5 Å². The topological polar surface area (TPSA) is 99.2 Å². The maximum atomic E-state index is 12.1. The van der Waals surface area contributed by atoms with Crippen LogP contribution in [0.15, 0.2) is 53.7 Å². The fourth-order valence-electron chi connectivity index (χ4n) is 2.23. The van der Waals surface area contributed by atoms with E-state index in [-0.39, 0.29) is 6.42 Å². The zero-order valence-electron chi connectivity index (χ0n) is 13.6. The molecule has 26 heavy (non-hydrogen) atoms. The monoisotopic (exact) mass is 374 g/mol. The first-order valence-corrected chi connectivity index (χ1v) is 8.12. The second kappa shape index (κ2) is 8.30. The Morgan fingerprint density at radius 2 is 2.19 bits per heavy atom. The summed E-state index contributed by atoms with van der Waals surface area (Å²) in [5, 5.41) is 7.12. The van der Waals surface area contributed by atoms with E-state index in [1.54, 1.807) is 30.3 Å². The van der Waals surface area contributed by atoms with Crippen LogP contribution >= 0.6 is 11.6 Å². The molecule has 0 unspecified atom stereocenters. The molecule has 0 saturated heterocycles. The summed E-state index contributed by atoms with van der Waals surface area (Å²) in [7, 11) is 0. The van der Waals surface area contributed by atoms with E-state index in [1.165, 1.54) is 23.6 Å². The number of halogens is 1. The summed E-state index contributed by atoms with van der Waals surface area (Å²) in [5.41, 5.74) is 1.02.